The Kier molecular flexibility index (Phi) is 6.73. The lowest BCUT2D eigenvalue weighted by molar-refractivity contribution is -0.137. The monoisotopic (exact) mass is 348 g/mol. The van der Waals surface area contributed by atoms with E-state index in [2.05, 4.69) is 15.6 Å². The van der Waals surface area contributed by atoms with Crippen molar-refractivity contribution in [1.82, 2.24) is 15.2 Å². The van der Waals surface area contributed by atoms with Crippen molar-refractivity contribution in [1.29, 1.82) is 0 Å². The summed E-state index contributed by atoms with van der Waals surface area (Å²) in [5.41, 5.74) is 1.02. The van der Waals surface area contributed by atoms with Gasteiger partial charge in [-0.15, -0.1) is 0 Å². The van der Waals surface area contributed by atoms with Gasteiger partial charge in [0.05, 0.1) is 5.92 Å². The summed E-state index contributed by atoms with van der Waals surface area (Å²) in [7, 11) is 0. The fraction of sp³-hybridized carbons (Fsp3) is 0.529. The molecule has 1 atom stereocenters. The predicted octanol–water partition coefficient (Wildman–Crippen LogP) is 1.61. The van der Waals surface area contributed by atoms with Gasteiger partial charge in [0, 0.05) is 32.3 Å². The van der Waals surface area contributed by atoms with Crippen molar-refractivity contribution in [3.05, 3.63) is 23.9 Å². The molecule has 136 valence electrons. The Hall–Kier alpha value is -2.64. The first-order chi connectivity index (χ1) is 12.0. The molecule has 0 bridgehead atoms. The van der Waals surface area contributed by atoms with Gasteiger partial charge < -0.3 is 20.6 Å². The second kappa shape index (κ2) is 9.00. The van der Waals surface area contributed by atoms with E-state index in [0.29, 0.717) is 31.9 Å². The molecule has 0 aromatic carbocycles. The zero-order chi connectivity index (χ0) is 18.2. The number of anilines is 1. The minimum absolute atomic E-state index is 0.0227. The van der Waals surface area contributed by atoms with E-state index in [-0.39, 0.29) is 24.3 Å². The Bertz CT molecular complexity index is 618. The Balaban J connectivity index is 1.80. The first kappa shape index (κ1) is 18.7. The lowest BCUT2D eigenvalue weighted by Crippen LogP contribution is -2.48. The number of hydrogen-bond donors (Lipinski definition) is 3. The standard InChI is InChI=1S/C17H24N4O4/c1-12-6-7-14(19-10-12)20-16(24)13-4-3-9-21(11-13)17(25)18-8-2-5-15(22)23/h6-7,10,13H,2-5,8-9,11H2,1H3,(H,18,25)(H,22,23)(H,19,20,24). The third kappa shape index (κ3) is 6.06. The summed E-state index contributed by atoms with van der Waals surface area (Å²) in [6.45, 7) is 3.18. The molecule has 1 aromatic rings. The van der Waals surface area contributed by atoms with Crippen LogP contribution in [-0.2, 0) is 9.59 Å². The molecule has 2 rings (SSSR count). The molecule has 1 aliphatic heterocycles. The van der Waals surface area contributed by atoms with E-state index in [1.807, 2.05) is 13.0 Å². The molecule has 8 heteroatoms. The Morgan fingerprint density at radius 3 is 2.84 bits per heavy atom. The van der Waals surface area contributed by atoms with Crippen LogP contribution in [0.25, 0.3) is 0 Å². The highest BCUT2D eigenvalue weighted by Gasteiger charge is 2.28. The van der Waals surface area contributed by atoms with Crippen molar-refractivity contribution < 1.29 is 19.5 Å². The van der Waals surface area contributed by atoms with Gasteiger partial charge in [-0.25, -0.2) is 9.78 Å². The molecule has 0 aliphatic carbocycles. The molecule has 3 amide bonds. The fourth-order valence-electron chi connectivity index (χ4n) is 2.69. The molecule has 0 spiro atoms. The van der Waals surface area contributed by atoms with Gasteiger partial charge in [0.1, 0.15) is 5.82 Å². The SMILES string of the molecule is Cc1ccc(NC(=O)C2CCCN(C(=O)NCCCC(=O)O)C2)nc1. The number of nitrogens with zero attached hydrogens (tertiary/aromatic N) is 2. The quantitative estimate of drug-likeness (QED) is 0.676. The van der Waals surface area contributed by atoms with Crippen molar-refractivity contribution in [2.24, 2.45) is 5.92 Å². The molecular formula is C17H24N4O4. The number of aryl methyl sites for hydroxylation is 1. The van der Waals surface area contributed by atoms with E-state index in [9.17, 15) is 14.4 Å². The van der Waals surface area contributed by atoms with Gasteiger partial charge in [-0.05, 0) is 37.8 Å². The summed E-state index contributed by atoms with van der Waals surface area (Å²) in [5.74, 6) is -0.791. The van der Waals surface area contributed by atoms with Gasteiger partial charge in [-0.2, -0.15) is 0 Å². The average Bonchev–Trinajstić information content (AvgIpc) is 2.60. The molecule has 2 heterocycles. The van der Waals surface area contributed by atoms with Crippen LogP contribution in [0.5, 0.6) is 0 Å². The van der Waals surface area contributed by atoms with Crippen LogP contribution < -0.4 is 10.6 Å². The van der Waals surface area contributed by atoms with E-state index >= 15 is 0 Å². The molecular weight excluding hydrogens is 324 g/mol. The normalized spacial score (nSPS) is 17.0. The number of likely N-dealkylation sites (tertiary alicyclic amines) is 1. The first-order valence-electron chi connectivity index (χ1n) is 8.44. The number of carboxylic acids is 1. The minimum Gasteiger partial charge on any atom is -0.481 e. The molecule has 0 saturated carbocycles. The van der Waals surface area contributed by atoms with Crippen molar-refractivity contribution >= 4 is 23.7 Å². The number of urea groups is 1. The van der Waals surface area contributed by atoms with Gasteiger partial charge in [0.15, 0.2) is 0 Å². The highest BCUT2D eigenvalue weighted by atomic mass is 16.4. The highest BCUT2D eigenvalue weighted by molar-refractivity contribution is 5.92. The number of carbonyl (C=O) groups is 3. The maximum atomic E-state index is 12.4. The number of carbonyl (C=O) groups excluding carboxylic acids is 2. The molecule has 25 heavy (non-hydrogen) atoms. The van der Waals surface area contributed by atoms with Gasteiger partial charge in [0.25, 0.3) is 0 Å². The number of aliphatic carboxylic acids is 1. The third-order valence-corrected chi connectivity index (χ3v) is 4.09. The zero-order valence-corrected chi connectivity index (χ0v) is 14.3. The number of amides is 3. The van der Waals surface area contributed by atoms with Crippen LogP contribution >= 0.6 is 0 Å². The fourth-order valence-corrected chi connectivity index (χ4v) is 2.69. The molecule has 1 saturated heterocycles. The van der Waals surface area contributed by atoms with Gasteiger partial charge in [-0.3, -0.25) is 9.59 Å². The number of hydrogen-bond acceptors (Lipinski definition) is 4. The summed E-state index contributed by atoms with van der Waals surface area (Å²) < 4.78 is 0. The maximum absolute atomic E-state index is 12.4. The number of nitrogens with one attached hydrogen (secondary N) is 2. The lowest BCUT2D eigenvalue weighted by atomic mass is 9.97. The lowest BCUT2D eigenvalue weighted by Gasteiger charge is -2.32. The second-order valence-electron chi connectivity index (χ2n) is 6.22. The van der Waals surface area contributed by atoms with Crippen molar-refractivity contribution in [2.45, 2.75) is 32.6 Å². The molecule has 1 fully saturated rings. The predicted molar refractivity (Wildman–Crippen MR) is 92.2 cm³/mol. The van der Waals surface area contributed by atoms with E-state index < -0.39 is 5.97 Å². The third-order valence-electron chi connectivity index (χ3n) is 4.09. The van der Waals surface area contributed by atoms with Crippen LogP contribution in [0.2, 0.25) is 0 Å². The Morgan fingerprint density at radius 2 is 2.16 bits per heavy atom. The number of carboxylic acid groups (broad SMARTS) is 1. The van der Waals surface area contributed by atoms with Crippen LogP contribution in [0.3, 0.4) is 0 Å². The molecule has 8 nitrogen and oxygen atoms in total. The summed E-state index contributed by atoms with van der Waals surface area (Å²) >= 11 is 0. The summed E-state index contributed by atoms with van der Waals surface area (Å²) in [6, 6.07) is 3.37. The zero-order valence-electron chi connectivity index (χ0n) is 14.3. The number of pyridine rings is 1. The number of piperidine rings is 1. The number of rotatable bonds is 6. The molecule has 0 radical (unpaired) electrons. The van der Waals surface area contributed by atoms with Crippen LogP contribution in [0.1, 0.15) is 31.2 Å². The summed E-state index contributed by atoms with van der Waals surface area (Å²) in [5, 5.41) is 14.1. The van der Waals surface area contributed by atoms with Gasteiger partial charge >= 0.3 is 12.0 Å². The van der Waals surface area contributed by atoms with E-state index in [1.165, 1.54) is 0 Å². The second-order valence-corrected chi connectivity index (χ2v) is 6.22. The molecule has 3 N–H and O–H groups in total. The Labute approximate surface area is 146 Å². The highest BCUT2D eigenvalue weighted by Crippen LogP contribution is 2.18. The minimum atomic E-state index is -0.881. The van der Waals surface area contributed by atoms with E-state index in [0.717, 1.165) is 18.4 Å². The van der Waals surface area contributed by atoms with E-state index in [4.69, 9.17) is 5.11 Å². The molecule has 1 unspecified atom stereocenters. The summed E-state index contributed by atoms with van der Waals surface area (Å²) in [6.07, 6.45) is 3.57. The first-order valence-corrected chi connectivity index (χ1v) is 8.44. The van der Waals surface area contributed by atoms with Crippen LogP contribution in [-0.4, -0.2) is 52.5 Å². The topological polar surface area (TPSA) is 112 Å². The molecule has 1 aliphatic rings. The number of aromatic nitrogens is 1. The van der Waals surface area contributed by atoms with Gasteiger partial charge in [-0.1, -0.05) is 6.07 Å². The summed E-state index contributed by atoms with van der Waals surface area (Å²) in [4.78, 5) is 40.7. The van der Waals surface area contributed by atoms with Crippen LogP contribution in [0.4, 0.5) is 10.6 Å². The van der Waals surface area contributed by atoms with Gasteiger partial charge in [0.2, 0.25) is 5.91 Å². The average molecular weight is 348 g/mol. The van der Waals surface area contributed by atoms with Crippen molar-refractivity contribution in [2.75, 3.05) is 25.0 Å². The van der Waals surface area contributed by atoms with Crippen LogP contribution in [0, 0.1) is 12.8 Å². The van der Waals surface area contributed by atoms with Crippen molar-refractivity contribution in [3.8, 4) is 0 Å². The molecule has 1 aromatic heterocycles. The maximum Gasteiger partial charge on any atom is 0.317 e. The van der Waals surface area contributed by atoms with Crippen molar-refractivity contribution in [3.63, 3.8) is 0 Å². The van der Waals surface area contributed by atoms with E-state index in [1.54, 1.807) is 17.2 Å². The Morgan fingerprint density at radius 1 is 1.36 bits per heavy atom. The smallest absolute Gasteiger partial charge is 0.317 e. The largest absolute Gasteiger partial charge is 0.481 e. The van der Waals surface area contributed by atoms with Crippen LogP contribution in [0.15, 0.2) is 18.3 Å².